The van der Waals surface area contributed by atoms with Crippen molar-refractivity contribution in [2.24, 2.45) is 0 Å². The lowest BCUT2D eigenvalue weighted by atomic mass is 10.2. The maximum atomic E-state index is 12.0. The van der Waals surface area contributed by atoms with Gasteiger partial charge < -0.3 is 14.8 Å². The Labute approximate surface area is 142 Å². The number of ether oxygens (including phenoxy) is 2. The molecular weight excluding hydrogens is 334 g/mol. The number of hydroxylamine groups is 1. The van der Waals surface area contributed by atoms with E-state index in [1.54, 1.807) is 26.4 Å². The van der Waals surface area contributed by atoms with Crippen LogP contribution >= 0.6 is 11.3 Å². The lowest BCUT2D eigenvalue weighted by molar-refractivity contribution is -0.129. The van der Waals surface area contributed by atoms with E-state index < -0.39 is 5.91 Å². The zero-order valence-electron chi connectivity index (χ0n) is 13.2. The number of carbonyl (C=O) groups excluding carboxylic acids is 2. The van der Waals surface area contributed by atoms with Gasteiger partial charge in [0.05, 0.1) is 26.0 Å². The molecule has 128 valence electrons. The van der Waals surface area contributed by atoms with Crippen molar-refractivity contribution < 1.29 is 24.3 Å². The highest BCUT2D eigenvalue weighted by molar-refractivity contribution is 7.16. The zero-order valence-corrected chi connectivity index (χ0v) is 14.0. The van der Waals surface area contributed by atoms with E-state index in [0.717, 1.165) is 5.56 Å². The van der Waals surface area contributed by atoms with Gasteiger partial charge >= 0.3 is 0 Å². The van der Waals surface area contributed by atoms with E-state index >= 15 is 0 Å². The van der Waals surface area contributed by atoms with Crippen LogP contribution in [-0.2, 0) is 4.79 Å². The number of hydrogen-bond acceptors (Lipinski definition) is 7. The van der Waals surface area contributed by atoms with E-state index in [4.69, 9.17) is 14.7 Å². The number of aromatic nitrogens is 1. The molecule has 0 aliphatic carbocycles. The van der Waals surface area contributed by atoms with E-state index in [9.17, 15) is 9.59 Å². The van der Waals surface area contributed by atoms with E-state index in [0.29, 0.717) is 21.4 Å². The first kappa shape index (κ1) is 17.7. The molecule has 2 amide bonds. The third kappa shape index (κ3) is 4.21. The molecule has 3 N–H and O–H groups in total. The van der Waals surface area contributed by atoms with E-state index in [1.165, 1.54) is 23.0 Å². The quantitative estimate of drug-likeness (QED) is 0.514. The fourth-order valence-corrected chi connectivity index (χ4v) is 2.77. The van der Waals surface area contributed by atoms with Gasteiger partial charge in [0.2, 0.25) is 5.91 Å². The van der Waals surface area contributed by atoms with E-state index in [-0.39, 0.29) is 18.9 Å². The van der Waals surface area contributed by atoms with Gasteiger partial charge in [-0.3, -0.25) is 14.8 Å². The first-order chi connectivity index (χ1) is 11.6. The molecule has 8 nitrogen and oxygen atoms in total. The van der Waals surface area contributed by atoms with Crippen LogP contribution in [0.4, 0.5) is 0 Å². The Morgan fingerprint density at radius 2 is 2.08 bits per heavy atom. The predicted molar refractivity (Wildman–Crippen MR) is 87.5 cm³/mol. The predicted octanol–water partition coefficient (Wildman–Crippen LogP) is 1.45. The summed E-state index contributed by atoms with van der Waals surface area (Å²) in [7, 11) is 3.11. The Balaban J connectivity index is 2.10. The third-order valence-electron chi connectivity index (χ3n) is 3.13. The van der Waals surface area contributed by atoms with Crippen LogP contribution in [-0.4, -0.2) is 42.8 Å². The van der Waals surface area contributed by atoms with E-state index in [2.05, 4.69) is 10.3 Å². The minimum atomic E-state index is -0.566. The standard InChI is InChI=1S/C15H17N3O5S/c1-22-9-3-4-10(11(7-9)23-2)15-17-8-12(24-15)14(20)16-6-5-13(19)18-21/h3-4,7-8,21H,5-6H2,1-2H3,(H,16,20)(H,18,19). The number of nitrogens with zero attached hydrogens (tertiary/aromatic N) is 1. The molecular formula is C15H17N3O5S. The van der Waals surface area contributed by atoms with Gasteiger partial charge in [0.25, 0.3) is 5.91 Å². The molecule has 24 heavy (non-hydrogen) atoms. The largest absolute Gasteiger partial charge is 0.497 e. The van der Waals surface area contributed by atoms with Gasteiger partial charge in [-0.05, 0) is 12.1 Å². The molecule has 0 saturated heterocycles. The van der Waals surface area contributed by atoms with Crippen LogP contribution in [0.2, 0.25) is 0 Å². The number of carbonyl (C=O) groups is 2. The lowest BCUT2D eigenvalue weighted by Gasteiger charge is -2.08. The van der Waals surface area contributed by atoms with Gasteiger partial charge in [-0.25, -0.2) is 10.5 Å². The average molecular weight is 351 g/mol. The molecule has 0 spiro atoms. The molecule has 9 heteroatoms. The van der Waals surface area contributed by atoms with Gasteiger partial charge in [-0.15, -0.1) is 11.3 Å². The van der Waals surface area contributed by atoms with Crippen molar-refractivity contribution in [1.82, 2.24) is 15.8 Å². The van der Waals surface area contributed by atoms with Crippen molar-refractivity contribution in [3.8, 4) is 22.1 Å². The summed E-state index contributed by atoms with van der Waals surface area (Å²) in [6.07, 6.45) is 1.45. The lowest BCUT2D eigenvalue weighted by Crippen LogP contribution is -2.28. The van der Waals surface area contributed by atoms with Crippen molar-refractivity contribution in [3.63, 3.8) is 0 Å². The summed E-state index contributed by atoms with van der Waals surface area (Å²) in [5.74, 6) is 0.350. The topological polar surface area (TPSA) is 110 Å². The number of nitrogens with one attached hydrogen (secondary N) is 2. The highest BCUT2D eigenvalue weighted by atomic mass is 32.1. The van der Waals surface area contributed by atoms with Crippen LogP contribution in [0.25, 0.3) is 10.6 Å². The Bertz CT molecular complexity index is 732. The molecule has 2 aromatic rings. The van der Waals surface area contributed by atoms with Crippen LogP contribution in [0.5, 0.6) is 11.5 Å². The summed E-state index contributed by atoms with van der Waals surface area (Å²) >= 11 is 1.21. The van der Waals surface area contributed by atoms with Crippen molar-refractivity contribution in [1.29, 1.82) is 0 Å². The van der Waals surface area contributed by atoms with Crippen molar-refractivity contribution in [3.05, 3.63) is 29.3 Å². The van der Waals surface area contributed by atoms with Gasteiger partial charge in [0, 0.05) is 19.0 Å². The summed E-state index contributed by atoms with van der Waals surface area (Å²) in [5.41, 5.74) is 2.25. The molecule has 0 bridgehead atoms. The van der Waals surface area contributed by atoms with Gasteiger partial charge in [-0.1, -0.05) is 0 Å². The summed E-state index contributed by atoms with van der Waals surface area (Å²) in [5, 5.41) is 11.6. The molecule has 1 heterocycles. The SMILES string of the molecule is COc1ccc(-c2ncc(C(=O)NCCC(=O)NO)s2)c(OC)c1. The van der Waals surface area contributed by atoms with Crippen molar-refractivity contribution in [2.75, 3.05) is 20.8 Å². The van der Waals surface area contributed by atoms with Crippen molar-refractivity contribution >= 4 is 23.2 Å². The normalized spacial score (nSPS) is 10.1. The molecule has 0 fully saturated rings. The van der Waals surface area contributed by atoms with Crippen LogP contribution in [0.1, 0.15) is 16.1 Å². The molecule has 0 aliphatic heterocycles. The van der Waals surface area contributed by atoms with Crippen LogP contribution in [0, 0.1) is 0 Å². The van der Waals surface area contributed by atoms with Crippen LogP contribution in [0.3, 0.4) is 0 Å². The molecule has 1 aromatic carbocycles. The number of hydrogen-bond donors (Lipinski definition) is 3. The van der Waals surface area contributed by atoms with Crippen molar-refractivity contribution in [2.45, 2.75) is 6.42 Å². The smallest absolute Gasteiger partial charge is 0.263 e. The highest BCUT2D eigenvalue weighted by Gasteiger charge is 2.15. The third-order valence-corrected chi connectivity index (χ3v) is 4.16. The maximum Gasteiger partial charge on any atom is 0.263 e. The zero-order chi connectivity index (χ0) is 17.5. The second kappa shape index (κ2) is 8.27. The first-order valence-corrected chi connectivity index (χ1v) is 7.80. The number of rotatable bonds is 7. The summed E-state index contributed by atoms with van der Waals surface area (Å²) in [6.45, 7) is 0.115. The summed E-state index contributed by atoms with van der Waals surface area (Å²) < 4.78 is 10.5. The monoisotopic (exact) mass is 351 g/mol. The number of amides is 2. The second-order valence-electron chi connectivity index (χ2n) is 4.64. The summed E-state index contributed by atoms with van der Waals surface area (Å²) in [6, 6.07) is 5.33. The van der Waals surface area contributed by atoms with Gasteiger partial charge in [0.1, 0.15) is 21.4 Å². The molecule has 0 aliphatic rings. The summed E-state index contributed by atoms with van der Waals surface area (Å²) in [4.78, 5) is 27.6. The van der Waals surface area contributed by atoms with E-state index in [1.807, 2.05) is 6.07 Å². The fourth-order valence-electron chi connectivity index (χ4n) is 1.91. The maximum absolute atomic E-state index is 12.0. The molecule has 0 saturated carbocycles. The number of benzene rings is 1. The van der Waals surface area contributed by atoms with Gasteiger partial charge in [0.15, 0.2) is 0 Å². The Kier molecular flexibility index (Phi) is 6.10. The minimum Gasteiger partial charge on any atom is -0.497 e. The Morgan fingerprint density at radius 3 is 2.75 bits per heavy atom. The molecule has 0 radical (unpaired) electrons. The minimum absolute atomic E-state index is 0.0137. The molecule has 0 atom stereocenters. The number of methoxy groups -OCH3 is 2. The second-order valence-corrected chi connectivity index (χ2v) is 5.67. The first-order valence-electron chi connectivity index (χ1n) is 6.98. The Hall–Kier alpha value is -2.65. The Morgan fingerprint density at radius 1 is 1.29 bits per heavy atom. The molecule has 0 unspecified atom stereocenters. The van der Waals surface area contributed by atoms with Gasteiger partial charge in [-0.2, -0.15) is 0 Å². The fraction of sp³-hybridized carbons (Fsp3) is 0.267. The highest BCUT2D eigenvalue weighted by Crippen LogP contribution is 2.35. The molecule has 1 aromatic heterocycles. The molecule has 2 rings (SSSR count). The average Bonchev–Trinajstić information content (AvgIpc) is 3.10. The van der Waals surface area contributed by atoms with Crippen LogP contribution in [0.15, 0.2) is 24.4 Å². The van der Waals surface area contributed by atoms with Crippen LogP contribution < -0.4 is 20.3 Å². The number of thiazole rings is 1.